The number of imide groups is 1. The average Bonchev–Trinajstić information content (AvgIpc) is 2.28. The first-order valence-corrected chi connectivity index (χ1v) is 5.12. The molecule has 0 saturated carbocycles. The third kappa shape index (κ3) is 2.07. The highest BCUT2D eigenvalue weighted by molar-refractivity contribution is 6.17. The number of fused-ring (bicyclic) bond motifs is 1. The molecule has 0 aliphatic carbocycles. The summed E-state index contributed by atoms with van der Waals surface area (Å²) < 4.78 is 5.19. The number of nitrogens with two attached hydrogens (primary N) is 1. The standard InChI is InChI=1S/C11H12N2O4/c12-7-1-2-9-8(5-7)13(10(15)3-4-14)11(16)6-17-9/h1-2,5,14H,3-4,6,12H2. The largest absolute Gasteiger partial charge is 0.482 e. The molecule has 1 aliphatic rings. The van der Waals surface area contributed by atoms with Crippen molar-refractivity contribution in [1.82, 2.24) is 0 Å². The summed E-state index contributed by atoms with van der Waals surface area (Å²) in [5, 5.41) is 8.74. The Morgan fingerprint density at radius 3 is 3.00 bits per heavy atom. The lowest BCUT2D eigenvalue weighted by Crippen LogP contribution is -2.43. The fourth-order valence-electron chi connectivity index (χ4n) is 1.65. The van der Waals surface area contributed by atoms with E-state index in [1.165, 1.54) is 6.07 Å². The second-order valence-corrected chi connectivity index (χ2v) is 3.61. The van der Waals surface area contributed by atoms with Crippen LogP contribution in [-0.4, -0.2) is 30.1 Å². The van der Waals surface area contributed by atoms with Gasteiger partial charge in [-0.3, -0.25) is 9.59 Å². The monoisotopic (exact) mass is 236 g/mol. The molecule has 0 aromatic heterocycles. The molecule has 0 bridgehead atoms. The second-order valence-electron chi connectivity index (χ2n) is 3.61. The molecule has 6 heteroatoms. The van der Waals surface area contributed by atoms with Crippen LogP contribution in [0.4, 0.5) is 11.4 Å². The number of rotatable bonds is 2. The number of anilines is 2. The molecule has 90 valence electrons. The zero-order valence-electron chi connectivity index (χ0n) is 9.05. The van der Waals surface area contributed by atoms with Gasteiger partial charge in [-0.2, -0.15) is 0 Å². The van der Waals surface area contributed by atoms with Gasteiger partial charge in [-0.25, -0.2) is 4.90 Å². The Balaban J connectivity index is 2.42. The minimum atomic E-state index is -0.465. The first-order chi connectivity index (χ1) is 8.13. The van der Waals surface area contributed by atoms with Gasteiger partial charge in [0.1, 0.15) is 5.75 Å². The number of aliphatic hydroxyl groups is 1. The minimum absolute atomic E-state index is 0.111. The SMILES string of the molecule is Nc1ccc2c(c1)N(C(=O)CCO)C(=O)CO2. The first-order valence-electron chi connectivity index (χ1n) is 5.12. The second kappa shape index (κ2) is 4.42. The van der Waals surface area contributed by atoms with E-state index >= 15 is 0 Å². The van der Waals surface area contributed by atoms with Crippen LogP contribution >= 0.6 is 0 Å². The summed E-state index contributed by atoms with van der Waals surface area (Å²) in [6, 6.07) is 4.74. The summed E-state index contributed by atoms with van der Waals surface area (Å²) >= 11 is 0. The Morgan fingerprint density at radius 2 is 2.29 bits per heavy atom. The average molecular weight is 236 g/mol. The normalized spacial score (nSPS) is 14.2. The Kier molecular flexibility index (Phi) is 2.97. The van der Waals surface area contributed by atoms with Crippen molar-refractivity contribution in [3.05, 3.63) is 18.2 Å². The van der Waals surface area contributed by atoms with Crippen molar-refractivity contribution < 1.29 is 19.4 Å². The van der Waals surface area contributed by atoms with Gasteiger partial charge in [0.15, 0.2) is 6.61 Å². The Bertz CT molecular complexity index is 473. The summed E-state index contributed by atoms with van der Waals surface area (Å²) in [5.74, 6) is -0.487. The quantitative estimate of drug-likeness (QED) is 0.699. The molecule has 2 rings (SSSR count). The van der Waals surface area contributed by atoms with E-state index in [0.29, 0.717) is 17.1 Å². The Labute approximate surface area is 97.6 Å². The number of carbonyl (C=O) groups is 2. The molecule has 1 aliphatic heterocycles. The third-order valence-electron chi connectivity index (χ3n) is 2.40. The van der Waals surface area contributed by atoms with Crippen LogP contribution in [-0.2, 0) is 9.59 Å². The van der Waals surface area contributed by atoms with Gasteiger partial charge in [-0.15, -0.1) is 0 Å². The number of benzene rings is 1. The van der Waals surface area contributed by atoms with Crippen LogP contribution in [0.1, 0.15) is 6.42 Å². The Morgan fingerprint density at radius 1 is 1.53 bits per heavy atom. The highest BCUT2D eigenvalue weighted by atomic mass is 16.5. The van der Waals surface area contributed by atoms with Crippen molar-refractivity contribution in [3.63, 3.8) is 0 Å². The number of hydrogen-bond acceptors (Lipinski definition) is 5. The maximum absolute atomic E-state index is 11.7. The molecule has 0 unspecified atom stereocenters. The summed E-state index contributed by atoms with van der Waals surface area (Å²) in [6.45, 7) is -0.491. The number of amides is 2. The van der Waals surface area contributed by atoms with Gasteiger partial charge in [0, 0.05) is 5.69 Å². The molecule has 1 heterocycles. The van der Waals surface area contributed by atoms with E-state index in [-0.39, 0.29) is 19.6 Å². The van der Waals surface area contributed by atoms with Crippen LogP contribution in [0.2, 0.25) is 0 Å². The van der Waals surface area contributed by atoms with Gasteiger partial charge in [0.2, 0.25) is 5.91 Å². The molecular weight excluding hydrogens is 224 g/mol. The van der Waals surface area contributed by atoms with Gasteiger partial charge in [0.25, 0.3) is 5.91 Å². The van der Waals surface area contributed by atoms with Gasteiger partial charge in [-0.05, 0) is 18.2 Å². The fourth-order valence-corrected chi connectivity index (χ4v) is 1.65. The highest BCUT2D eigenvalue weighted by Crippen LogP contribution is 2.34. The molecule has 0 saturated heterocycles. The molecule has 6 nitrogen and oxygen atoms in total. The molecule has 1 aromatic rings. The van der Waals surface area contributed by atoms with Crippen LogP contribution in [0.3, 0.4) is 0 Å². The zero-order valence-corrected chi connectivity index (χ0v) is 9.05. The summed E-state index contributed by atoms with van der Waals surface area (Å²) in [5.41, 5.74) is 6.38. The molecule has 0 spiro atoms. The van der Waals surface area contributed by atoms with E-state index in [4.69, 9.17) is 15.6 Å². The van der Waals surface area contributed by atoms with Crippen molar-refractivity contribution in [2.75, 3.05) is 23.8 Å². The molecule has 17 heavy (non-hydrogen) atoms. The van der Waals surface area contributed by atoms with Crippen molar-refractivity contribution in [1.29, 1.82) is 0 Å². The number of nitrogens with zero attached hydrogens (tertiary/aromatic N) is 1. The van der Waals surface area contributed by atoms with E-state index in [1.807, 2.05) is 0 Å². The topological polar surface area (TPSA) is 92.9 Å². The van der Waals surface area contributed by atoms with Crippen LogP contribution in [0.5, 0.6) is 5.75 Å². The fraction of sp³-hybridized carbons (Fsp3) is 0.273. The number of carbonyl (C=O) groups excluding carboxylic acids is 2. The predicted octanol–water partition coefficient (Wildman–Crippen LogP) is -0.0968. The lowest BCUT2D eigenvalue weighted by Gasteiger charge is -2.27. The predicted molar refractivity (Wildman–Crippen MR) is 60.5 cm³/mol. The van der Waals surface area contributed by atoms with Gasteiger partial charge in [-0.1, -0.05) is 0 Å². The number of nitrogen functional groups attached to an aromatic ring is 1. The summed E-state index contributed by atoms with van der Waals surface area (Å²) in [4.78, 5) is 24.4. The number of hydrogen-bond donors (Lipinski definition) is 2. The lowest BCUT2D eigenvalue weighted by molar-refractivity contribution is -0.128. The summed E-state index contributed by atoms with van der Waals surface area (Å²) in [6.07, 6.45) is -0.111. The smallest absolute Gasteiger partial charge is 0.271 e. The molecule has 2 amide bonds. The summed E-state index contributed by atoms with van der Waals surface area (Å²) in [7, 11) is 0. The third-order valence-corrected chi connectivity index (χ3v) is 2.40. The van der Waals surface area contributed by atoms with Gasteiger partial charge in [0.05, 0.1) is 18.7 Å². The van der Waals surface area contributed by atoms with Gasteiger partial charge >= 0.3 is 0 Å². The van der Waals surface area contributed by atoms with E-state index in [0.717, 1.165) is 4.90 Å². The highest BCUT2D eigenvalue weighted by Gasteiger charge is 2.30. The van der Waals surface area contributed by atoms with Gasteiger partial charge < -0.3 is 15.6 Å². The van der Waals surface area contributed by atoms with Crippen LogP contribution < -0.4 is 15.4 Å². The Hall–Kier alpha value is -2.08. The molecule has 0 radical (unpaired) electrons. The van der Waals surface area contributed by atoms with Crippen LogP contribution in [0.15, 0.2) is 18.2 Å². The van der Waals surface area contributed by atoms with E-state index in [9.17, 15) is 9.59 Å². The molecule has 3 N–H and O–H groups in total. The molecule has 0 atom stereocenters. The maximum Gasteiger partial charge on any atom is 0.271 e. The molecule has 1 aromatic carbocycles. The number of ether oxygens (including phenoxy) is 1. The first kappa shape index (κ1) is 11.4. The van der Waals surface area contributed by atoms with Crippen molar-refractivity contribution in [2.45, 2.75) is 6.42 Å². The van der Waals surface area contributed by atoms with Crippen LogP contribution in [0.25, 0.3) is 0 Å². The van der Waals surface area contributed by atoms with Crippen molar-refractivity contribution >= 4 is 23.2 Å². The minimum Gasteiger partial charge on any atom is -0.482 e. The van der Waals surface area contributed by atoms with Crippen LogP contribution in [0, 0.1) is 0 Å². The van der Waals surface area contributed by atoms with Crippen molar-refractivity contribution in [2.24, 2.45) is 0 Å². The van der Waals surface area contributed by atoms with E-state index in [1.54, 1.807) is 12.1 Å². The van der Waals surface area contributed by atoms with E-state index in [2.05, 4.69) is 0 Å². The molecular formula is C11H12N2O4. The number of aliphatic hydroxyl groups excluding tert-OH is 1. The van der Waals surface area contributed by atoms with Crippen molar-refractivity contribution in [3.8, 4) is 5.75 Å². The van der Waals surface area contributed by atoms with E-state index < -0.39 is 11.8 Å². The lowest BCUT2D eigenvalue weighted by atomic mass is 10.2. The maximum atomic E-state index is 11.7. The molecule has 0 fully saturated rings. The zero-order chi connectivity index (χ0) is 12.4.